The fourth-order valence-corrected chi connectivity index (χ4v) is 5.53. The van der Waals surface area contributed by atoms with Crippen molar-refractivity contribution in [2.45, 2.75) is 31.8 Å². The number of hydrogen-bond donors (Lipinski definition) is 1. The summed E-state index contributed by atoms with van der Waals surface area (Å²) < 4.78 is 0. The normalized spacial score (nSPS) is 16.7. The molecule has 41 heavy (non-hydrogen) atoms. The number of para-hydroxylation sites is 1. The van der Waals surface area contributed by atoms with Gasteiger partial charge >= 0.3 is 0 Å². The van der Waals surface area contributed by atoms with Gasteiger partial charge in [-0.2, -0.15) is 0 Å². The smallest absolute Gasteiger partial charge is 0.299 e. The van der Waals surface area contributed by atoms with Gasteiger partial charge in [-0.1, -0.05) is 54.6 Å². The molecule has 0 radical (unpaired) electrons. The van der Waals surface area contributed by atoms with Crippen LogP contribution in [0.1, 0.15) is 35.2 Å². The highest BCUT2D eigenvalue weighted by Crippen LogP contribution is 2.31. The minimum atomic E-state index is -0.787. The molecule has 3 amide bonds. The molecular weight excluding hydrogens is 516 g/mol. The summed E-state index contributed by atoms with van der Waals surface area (Å²) in [5, 5.41) is 3.04. The molecule has 0 aromatic heterocycles. The van der Waals surface area contributed by atoms with Gasteiger partial charge in [-0.3, -0.25) is 24.1 Å². The molecule has 0 saturated carbocycles. The van der Waals surface area contributed by atoms with E-state index in [1.165, 1.54) is 4.90 Å². The van der Waals surface area contributed by atoms with Crippen molar-refractivity contribution in [1.29, 1.82) is 0 Å². The number of ketones is 1. The van der Waals surface area contributed by atoms with Crippen molar-refractivity contribution >= 4 is 40.6 Å². The second-order valence-electron chi connectivity index (χ2n) is 10.7. The second-order valence-corrected chi connectivity index (χ2v) is 10.7. The maximum atomic E-state index is 14.1. The number of hydrogen-bond acceptors (Lipinski definition) is 5. The van der Waals surface area contributed by atoms with Crippen LogP contribution >= 0.6 is 0 Å². The van der Waals surface area contributed by atoms with E-state index in [-0.39, 0.29) is 30.5 Å². The van der Waals surface area contributed by atoms with Crippen molar-refractivity contribution in [1.82, 2.24) is 4.90 Å². The van der Waals surface area contributed by atoms with Gasteiger partial charge in [-0.15, -0.1) is 0 Å². The van der Waals surface area contributed by atoms with Gasteiger partial charge in [0.25, 0.3) is 11.7 Å². The van der Waals surface area contributed by atoms with Crippen LogP contribution in [-0.2, 0) is 20.9 Å². The minimum absolute atomic E-state index is 0.114. The molecule has 1 N–H and O–H groups in total. The Morgan fingerprint density at radius 3 is 2.32 bits per heavy atom. The fraction of sp³-hybridized carbons (Fsp3) is 0.273. The molecule has 0 spiro atoms. The molecule has 2 atom stereocenters. The SMILES string of the molecule is CN(C)c1ccc(NC(=O)[C@H]([C@@H]2CC=CCC2)N(Cc2ccccc2)C(=O)CN2C(=O)C(=O)c3ccccc32)cc1. The van der Waals surface area contributed by atoms with Crippen molar-refractivity contribution in [3.8, 4) is 0 Å². The molecule has 1 aliphatic carbocycles. The lowest BCUT2D eigenvalue weighted by Crippen LogP contribution is -2.54. The number of Topliss-reactive ketones (excluding diaryl/α,β-unsaturated/α-hetero) is 1. The van der Waals surface area contributed by atoms with Crippen LogP contribution in [0, 0.1) is 5.92 Å². The Bertz CT molecular complexity index is 1470. The molecule has 3 aromatic rings. The van der Waals surface area contributed by atoms with Crippen LogP contribution < -0.4 is 15.1 Å². The van der Waals surface area contributed by atoms with Crippen molar-refractivity contribution in [2.75, 3.05) is 35.8 Å². The van der Waals surface area contributed by atoms with Crippen LogP contribution in [-0.4, -0.2) is 55.1 Å². The quantitative estimate of drug-likeness (QED) is 0.309. The van der Waals surface area contributed by atoms with Crippen LogP contribution in [0.4, 0.5) is 17.1 Å². The van der Waals surface area contributed by atoms with Crippen LogP contribution in [0.25, 0.3) is 0 Å². The van der Waals surface area contributed by atoms with Gasteiger partial charge in [0, 0.05) is 32.0 Å². The van der Waals surface area contributed by atoms with Crippen LogP contribution in [0.3, 0.4) is 0 Å². The Labute approximate surface area is 240 Å². The molecule has 8 heteroatoms. The van der Waals surface area contributed by atoms with Gasteiger partial charge in [0.15, 0.2) is 0 Å². The molecule has 8 nitrogen and oxygen atoms in total. The van der Waals surface area contributed by atoms with Crippen LogP contribution in [0.2, 0.25) is 0 Å². The monoisotopic (exact) mass is 550 g/mol. The summed E-state index contributed by atoms with van der Waals surface area (Å²) >= 11 is 0. The lowest BCUT2D eigenvalue weighted by Gasteiger charge is -2.37. The number of carbonyl (C=O) groups excluding carboxylic acids is 4. The van der Waals surface area contributed by atoms with Crippen molar-refractivity contribution in [3.05, 3.63) is 102 Å². The standard InChI is InChI=1S/C33H34N4O4/c1-35(2)26-19-17-25(18-20-26)34-32(40)30(24-13-7-4-8-14-24)37(21-23-11-5-3-6-12-23)29(38)22-36-28-16-10-9-15-27(28)31(39)33(36)41/h3-7,9-12,15-20,24,30H,8,13-14,21-22H2,1-2H3,(H,34,40)/t24-,30+/m1/s1. The largest absolute Gasteiger partial charge is 0.378 e. The maximum Gasteiger partial charge on any atom is 0.299 e. The first-order valence-electron chi connectivity index (χ1n) is 13.9. The summed E-state index contributed by atoms with van der Waals surface area (Å²) in [7, 11) is 3.90. The lowest BCUT2D eigenvalue weighted by molar-refractivity contribution is -0.140. The Balaban J connectivity index is 1.48. The van der Waals surface area contributed by atoms with Gasteiger partial charge in [-0.25, -0.2) is 0 Å². The molecule has 1 aliphatic heterocycles. The van der Waals surface area contributed by atoms with E-state index in [2.05, 4.69) is 17.5 Å². The van der Waals surface area contributed by atoms with E-state index in [1.54, 1.807) is 29.2 Å². The number of amides is 3. The number of benzene rings is 3. The number of allylic oxidation sites excluding steroid dienone is 2. The molecule has 0 saturated heterocycles. The molecule has 1 heterocycles. The van der Waals surface area contributed by atoms with Gasteiger partial charge in [0.2, 0.25) is 11.8 Å². The summed E-state index contributed by atoms with van der Waals surface area (Å²) in [6.07, 6.45) is 6.37. The average Bonchev–Trinajstić information content (AvgIpc) is 3.23. The Morgan fingerprint density at radius 2 is 1.63 bits per heavy atom. The second kappa shape index (κ2) is 12.2. The highest BCUT2D eigenvalue weighted by molar-refractivity contribution is 6.52. The first-order valence-corrected chi connectivity index (χ1v) is 13.9. The number of carbonyl (C=O) groups is 4. The molecule has 0 bridgehead atoms. The van der Waals surface area contributed by atoms with Crippen LogP contribution in [0.15, 0.2) is 91.0 Å². The van der Waals surface area contributed by atoms with E-state index >= 15 is 0 Å². The summed E-state index contributed by atoms with van der Waals surface area (Å²) in [6.45, 7) is -0.145. The number of anilines is 3. The van der Waals surface area contributed by atoms with Crippen molar-refractivity contribution < 1.29 is 19.2 Å². The third kappa shape index (κ3) is 6.06. The molecule has 5 rings (SSSR count). The van der Waals surface area contributed by atoms with E-state index in [9.17, 15) is 19.2 Å². The molecule has 2 aliphatic rings. The zero-order valence-corrected chi connectivity index (χ0v) is 23.3. The molecule has 0 unspecified atom stereocenters. The highest BCUT2D eigenvalue weighted by Gasteiger charge is 2.41. The Kier molecular flexibility index (Phi) is 8.29. The Hall–Kier alpha value is -4.72. The average molecular weight is 551 g/mol. The predicted molar refractivity (Wildman–Crippen MR) is 160 cm³/mol. The molecule has 3 aromatic carbocycles. The molecule has 210 valence electrons. The Morgan fingerprint density at radius 1 is 0.927 bits per heavy atom. The zero-order valence-electron chi connectivity index (χ0n) is 23.3. The summed E-state index contributed by atoms with van der Waals surface area (Å²) in [5.74, 6) is -2.16. The number of rotatable bonds is 9. The summed E-state index contributed by atoms with van der Waals surface area (Å²) in [5.41, 5.74) is 3.21. The maximum absolute atomic E-state index is 14.1. The number of fused-ring (bicyclic) bond motifs is 1. The van der Waals surface area contributed by atoms with E-state index < -0.39 is 23.6 Å². The fourth-order valence-electron chi connectivity index (χ4n) is 5.53. The highest BCUT2D eigenvalue weighted by atomic mass is 16.2. The first kappa shape index (κ1) is 27.8. The van der Waals surface area contributed by atoms with Crippen molar-refractivity contribution in [3.63, 3.8) is 0 Å². The minimum Gasteiger partial charge on any atom is -0.378 e. The van der Waals surface area contributed by atoms with Gasteiger partial charge < -0.3 is 15.1 Å². The zero-order chi connectivity index (χ0) is 28.9. The summed E-state index contributed by atoms with van der Waals surface area (Å²) in [6, 6.07) is 22.9. The van der Waals surface area contributed by atoms with Crippen LogP contribution in [0.5, 0.6) is 0 Å². The van der Waals surface area contributed by atoms with E-state index in [0.29, 0.717) is 17.8 Å². The lowest BCUT2D eigenvalue weighted by atomic mass is 9.85. The summed E-state index contributed by atoms with van der Waals surface area (Å²) in [4.78, 5) is 58.5. The van der Waals surface area contributed by atoms with Gasteiger partial charge in [-0.05, 0) is 67.1 Å². The molecular formula is C33H34N4O4. The topological polar surface area (TPSA) is 90.0 Å². The third-order valence-corrected chi connectivity index (χ3v) is 7.70. The van der Waals surface area contributed by atoms with Gasteiger partial charge in [0.1, 0.15) is 12.6 Å². The van der Waals surface area contributed by atoms with E-state index in [1.807, 2.05) is 73.6 Å². The predicted octanol–water partition coefficient (Wildman–Crippen LogP) is 4.67. The van der Waals surface area contributed by atoms with Gasteiger partial charge in [0.05, 0.1) is 11.3 Å². The number of nitrogens with one attached hydrogen (secondary N) is 1. The molecule has 0 fully saturated rings. The van der Waals surface area contributed by atoms with Crippen molar-refractivity contribution in [2.24, 2.45) is 5.92 Å². The van der Waals surface area contributed by atoms with E-state index in [0.717, 1.165) is 24.1 Å². The third-order valence-electron chi connectivity index (χ3n) is 7.70. The first-order chi connectivity index (χ1) is 19.8. The number of nitrogens with zero attached hydrogens (tertiary/aromatic N) is 3. The van der Waals surface area contributed by atoms with E-state index in [4.69, 9.17) is 0 Å².